The highest BCUT2D eigenvalue weighted by Crippen LogP contribution is 2.32. The summed E-state index contributed by atoms with van der Waals surface area (Å²) >= 11 is 0. The number of benzene rings is 1. The fourth-order valence-electron chi connectivity index (χ4n) is 3.27. The molecule has 3 aromatic rings. The average Bonchev–Trinajstić information content (AvgIpc) is 3.34. The molecule has 1 aromatic carbocycles. The zero-order chi connectivity index (χ0) is 17.9. The van der Waals surface area contributed by atoms with Crippen LogP contribution in [0.2, 0.25) is 0 Å². The molecule has 0 saturated carbocycles. The molecule has 0 spiro atoms. The summed E-state index contributed by atoms with van der Waals surface area (Å²) in [5.41, 5.74) is 1.43. The number of carbonyl (C=O) groups excluding carboxylic acids is 1. The monoisotopic (exact) mass is 351 g/mol. The Morgan fingerprint density at radius 3 is 2.88 bits per heavy atom. The van der Waals surface area contributed by atoms with Crippen LogP contribution in [0.5, 0.6) is 0 Å². The van der Waals surface area contributed by atoms with Crippen LogP contribution in [-0.4, -0.2) is 32.2 Å². The fourth-order valence-corrected chi connectivity index (χ4v) is 3.27. The Bertz CT molecular complexity index is 895. The molecule has 2 aromatic heterocycles. The van der Waals surface area contributed by atoms with Gasteiger partial charge in [0.1, 0.15) is 5.82 Å². The van der Waals surface area contributed by atoms with Crippen LogP contribution in [0.25, 0.3) is 5.82 Å². The molecule has 7 heteroatoms. The second-order valence-electron chi connectivity index (χ2n) is 6.19. The summed E-state index contributed by atoms with van der Waals surface area (Å²) in [7, 11) is 0. The fraction of sp³-hybridized carbons (Fsp3) is 0.211. The number of nitrogens with one attached hydrogen (secondary N) is 1. The lowest BCUT2D eigenvalue weighted by atomic mass is 10.0. The van der Waals surface area contributed by atoms with Crippen molar-refractivity contribution in [2.24, 2.45) is 0 Å². The third-order valence-electron chi connectivity index (χ3n) is 4.49. The van der Waals surface area contributed by atoms with Crippen molar-refractivity contribution >= 4 is 11.7 Å². The van der Waals surface area contributed by atoms with Gasteiger partial charge in [-0.2, -0.15) is 5.10 Å². The Kier molecular flexibility index (Phi) is 4.35. The molecule has 1 fully saturated rings. The first-order valence-electron chi connectivity index (χ1n) is 8.50. The van der Waals surface area contributed by atoms with Gasteiger partial charge in [0.25, 0.3) is 0 Å². The van der Waals surface area contributed by atoms with E-state index in [9.17, 15) is 9.18 Å². The summed E-state index contributed by atoms with van der Waals surface area (Å²) in [4.78, 5) is 18.7. The molecule has 1 N–H and O–H groups in total. The number of likely N-dealkylation sites (tertiary alicyclic amines) is 1. The molecule has 1 aliphatic heterocycles. The molecule has 0 aliphatic carbocycles. The van der Waals surface area contributed by atoms with Crippen molar-refractivity contribution in [1.29, 1.82) is 0 Å². The molecule has 6 nitrogen and oxygen atoms in total. The third-order valence-corrected chi connectivity index (χ3v) is 4.49. The van der Waals surface area contributed by atoms with E-state index in [2.05, 4.69) is 15.4 Å². The maximum atomic E-state index is 13.5. The predicted molar refractivity (Wildman–Crippen MR) is 95.5 cm³/mol. The second-order valence-corrected chi connectivity index (χ2v) is 6.19. The topological polar surface area (TPSA) is 63.1 Å². The lowest BCUT2D eigenvalue weighted by Crippen LogP contribution is -2.34. The first-order chi connectivity index (χ1) is 12.7. The summed E-state index contributed by atoms with van der Waals surface area (Å²) in [6.07, 6.45) is 6.80. The summed E-state index contributed by atoms with van der Waals surface area (Å²) in [6, 6.07) is 11.5. The van der Waals surface area contributed by atoms with E-state index in [0.717, 1.165) is 18.4 Å². The van der Waals surface area contributed by atoms with Crippen LogP contribution in [0.3, 0.4) is 0 Å². The predicted octanol–water partition coefficient (Wildman–Crippen LogP) is 3.78. The van der Waals surface area contributed by atoms with E-state index in [-0.39, 0.29) is 17.9 Å². The van der Waals surface area contributed by atoms with Gasteiger partial charge in [-0.1, -0.05) is 12.1 Å². The number of carbonyl (C=O) groups is 1. The number of halogens is 1. The normalized spacial score (nSPS) is 16.7. The number of aromatic nitrogens is 3. The highest BCUT2D eigenvalue weighted by molar-refractivity contribution is 5.89. The molecule has 1 unspecified atom stereocenters. The summed E-state index contributed by atoms with van der Waals surface area (Å²) in [6.45, 7) is 0.645. The largest absolute Gasteiger partial charge is 0.322 e. The zero-order valence-electron chi connectivity index (χ0n) is 14.0. The second kappa shape index (κ2) is 6.95. The molecule has 3 heterocycles. The van der Waals surface area contributed by atoms with Crippen LogP contribution in [0.4, 0.5) is 14.9 Å². The molecule has 1 aliphatic rings. The van der Waals surface area contributed by atoms with E-state index in [1.165, 1.54) is 12.1 Å². The van der Waals surface area contributed by atoms with Crippen LogP contribution >= 0.6 is 0 Å². The molecule has 26 heavy (non-hydrogen) atoms. The Morgan fingerprint density at radius 1 is 1.23 bits per heavy atom. The Morgan fingerprint density at radius 2 is 2.15 bits per heavy atom. The maximum Gasteiger partial charge on any atom is 0.322 e. The smallest absolute Gasteiger partial charge is 0.317 e. The van der Waals surface area contributed by atoms with Crippen LogP contribution in [0.1, 0.15) is 24.4 Å². The highest BCUT2D eigenvalue weighted by atomic mass is 19.1. The number of amides is 2. The minimum atomic E-state index is -0.284. The van der Waals surface area contributed by atoms with Crippen molar-refractivity contribution in [1.82, 2.24) is 19.7 Å². The van der Waals surface area contributed by atoms with Crippen molar-refractivity contribution in [2.75, 3.05) is 11.9 Å². The zero-order valence-corrected chi connectivity index (χ0v) is 14.0. The van der Waals surface area contributed by atoms with Crippen LogP contribution in [-0.2, 0) is 0 Å². The van der Waals surface area contributed by atoms with Gasteiger partial charge in [-0.3, -0.25) is 0 Å². The van der Waals surface area contributed by atoms with E-state index in [1.54, 1.807) is 46.4 Å². The van der Waals surface area contributed by atoms with Gasteiger partial charge in [-0.15, -0.1) is 0 Å². The van der Waals surface area contributed by atoms with Crippen molar-refractivity contribution in [2.45, 2.75) is 18.9 Å². The molecule has 1 atom stereocenters. The van der Waals surface area contributed by atoms with Gasteiger partial charge in [0.15, 0.2) is 5.82 Å². The lowest BCUT2D eigenvalue weighted by molar-refractivity contribution is 0.207. The minimum absolute atomic E-state index is 0.109. The van der Waals surface area contributed by atoms with Gasteiger partial charge in [-0.25, -0.2) is 18.9 Å². The summed E-state index contributed by atoms with van der Waals surface area (Å²) in [5.74, 6) is 0.389. The number of anilines is 1. The lowest BCUT2D eigenvalue weighted by Gasteiger charge is -2.25. The van der Waals surface area contributed by atoms with Gasteiger partial charge in [0.2, 0.25) is 0 Å². The summed E-state index contributed by atoms with van der Waals surface area (Å²) < 4.78 is 15.2. The van der Waals surface area contributed by atoms with Crippen molar-refractivity contribution in [3.63, 3.8) is 0 Å². The Labute approximate surface area is 150 Å². The van der Waals surface area contributed by atoms with E-state index in [1.807, 2.05) is 12.1 Å². The number of pyridine rings is 1. The number of nitrogens with zero attached hydrogens (tertiary/aromatic N) is 4. The molecule has 132 valence electrons. The van der Waals surface area contributed by atoms with Gasteiger partial charge in [0.05, 0.1) is 17.9 Å². The van der Waals surface area contributed by atoms with Crippen molar-refractivity contribution in [3.05, 3.63) is 72.4 Å². The van der Waals surface area contributed by atoms with Crippen LogP contribution in [0, 0.1) is 5.82 Å². The van der Waals surface area contributed by atoms with Gasteiger partial charge >= 0.3 is 6.03 Å². The van der Waals surface area contributed by atoms with E-state index < -0.39 is 0 Å². The molecule has 0 radical (unpaired) electrons. The standard InChI is InChI=1S/C19H18FN5O/c20-15-5-1-4-14(12-15)17-6-2-10-24(17)19(26)23-16-7-8-18(21-13-16)25-11-3-9-22-25/h1,3-5,7-9,11-13,17H,2,6,10H2,(H,23,26). The summed E-state index contributed by atoms with van der Waals surface area (Å²) in [5, 5.41) is 6.99. The maximum absolute atomic E-state index is 13.5. The molecule has 0 bridgehead atoms. The van der Waals surface area contributed by atoms with Gasteiger partial charge in [0, 0.05) is 18.9 Å². The number of rotatable bonds is 3. The molecular weight excluding hydrogens is 333 g/mol. The van der Waals surface area contributed by atoms with Gasteiger partial charge < -0.3 is 10.2 Å². The number of hydrogen-bond acceptors (Lipinski definition) is 3. The minimum Gasteiger partial charge on any atom is -0.317 e. The molecule has 4 rings (SSSR count). The Hall–Kier alpha value is -3.22. The third kappa shape index (κ3) is 3.28. The van der Waals surface area contributed by atoms with Crippen molar-refractivity contribution < 1.29 is 9.18 Å². The molecular formula is C19H18FN5O. The number of urea groups is 1. The Balaban J connectivity index is 1.47. The van der Waals surface area contributed by atoms with Crippen LogP contribution < -0.4 is 5.32 Å². The molecule has 2 amide bonds. The molecule has 1 saturated heterocycles. The number of hydrogen-bond donors (Lipinski definition) is 1. The van der Waals surface area contributed by atoms with E-state index >= 15 is 0 Å². The first-order valence-corrected chi connectivity index (χ1v) is 8.50. The van der Waals surface area contributed by atoms with Crippen molar-refractivity contribution in [3.8, 4) is 5.82 Å². The van der Waals surface area contributed by atoms with E-state index in [4.69, 9.17) is 0 Å². The first kappa shape index (κ1) is 16.3. The average molecular weight is 351 g/mol. The highest BCUT2D eigenvalue weighted by Gasteiger charge is 2.30. The van der Waals surface area contributed by atoms with E-state index in [0.29, 0.717) is 18.1 Å². The van der Waals surface area contributed by atoms with Crippen LogP contribution in [0.15, 0.2) is 61.1 Å². The quantitative estimate of drug-likeness (QED) is 0.781. The van der Waals surface area contributed by atoms with Gasteiger partial charge in [-0.05, 0) is 48.7 Å². The SMILES string of the molecule is O=C(Nc1ccc(-n2cccn2)nc1)N1CCCC1c1cccc(F)c1.